The van der Waals surface area contributed by atoms with E-state index in [1.165, 1.54) is 28.0 Å². The summed E-state index contributed by atoms with van der Waals surface area (Å²) in [5, 5.41) is 3.82. The topological polar surface area (TPSA) is 75.7 Å². The lowest BCUT2D eigenvalue weighted by Crippen LogP contribution is -2.40. The van der Waals surface area contributed by atoms with Crippen LogP contribution in [0, 0.1) is 0 Å². The molecular formula is C19H20N2O4S2. The zero-order chi connectivity index (χ0) is 19.4. The second-order valence-electron chi connectivity index (χ2n) is 6.08. The van der Waals surface area contributed by atoms with E-state index in [1.807, 2.05) is 25.1 Å². The van der Waals surface area contributed by atoms with Gasteiger partial charge >= 0.3 is 5.97 Å². The van der Waals surface area contributed by atoms with E-state index in [1.54, 1.807) is 17.4 Å². The van der Waals surface area contributed by atoms with Gasteiger partial charge in [-0.15, -0.1) is 22.7 Å². The smallest absolute Gasteiger partial charge is 0.348 e. The van der Waals surface area contributed by atoms with Crippen LogP contribution < -0.4 is 5.32 Å². The van der Waals surface area contributed by atoms with E-state index in [2.05, 4.69) is 11.4 Å². The second-order valence-corrected chi connectivity index (χ2v) is 8.21. The lowest BCUT2D eigenvalue weighted by Gasteiger charge is -2.16. The maximum Gasteiger partial charge on any atom is 0.348 e. The number of carbonyl (C=O) groups is 3. The van der Waals surface area contributed by atoms with Gasteiger partial charge in [-0.3, -0.25) is 9.59 Å². The Morgan fingerprint density at radius 1 is 1.15 bits per heavy atom. The van der Waals surface area contributed by atoms with Crippen LogP contribution in [-0.2, 0) is 14.3 Å². The van der Waals surface area contributed by atoms with E-state index in [0.29, 0.717) is 11.4 Å². The number of carbonyl (C=O) groups excluding carboxylic acids is 3. The maximum atomic E-state index is 12.3. The van der Waals surface area contributed by atoms with Crippen molar-refractivity contribution < 1.29 is 19.1 Å². The van der Waals surface area contributed by atoms with Crippen molar-refractivity contribution in [3.8, 4) is 0 Å². The normalized spacial score (nSPS) is 10.9. The number of ether oxygens (including phenoxy) is 1. The molecule has 2 aromatic heterocycles. The minimum atomic E-state index is -0.523. The van der Waals surface area contributed by atoms with Crippen LogP contribution in [0.1, 0.15) is 23.0 Å². The van der Waals surface area contributed by atoms with Crippen LogP contribution >= 0.6 is 22.7 Å². The van der Waals surface area contributed by atoms with Crippen molar-refractivity contribution in [3.05, 3.63) is 35.2 Å². The summed E-state index contributed by atoms with van der Waals surface area (Å²) in [6.07, 6.45) is 0.828. The summed E-state index contributed by atoms with van der Waals surface area (Å²) < 4.78 is 8.40. The highest BCUT2D eigenvalue weighted by Crippen LogP contribution is 2.39. The molecule has 0 aliphatic carbocycles. The van der Waals surface area contributed by atoms with E-state index in [4.69, 9.17) is 4.74 Å². The van der Waals surface area contributed by atoms with Gasteiger partial charge < -0.3 is 15.0 Å². The highest BCUT2D eigenvalue weighted by molar-refractivity contribution is 7.33. The van der Waals surface area contributed by atoms with Crippen molar-refractivity contribution in [2.45, 2.75) is 13.3 Å². The zero-order valence-electron chi connectivity index (χ0n) is 15.1. The van der Waals surface area contributed by atoms with E-state index in [9.17, 15) is 14.4 Å². The minimum Gasteiger partial charge on any atom is -0.451 e. The van der Waals surface area contributed by atoms with Crippen LogP contribution in [0.5, 0.6) is 0 Å². The van der Waals surface area contributed by atoms with Crippen molar-refractivity contribution in [2.24, 2.45) is 0 Å². The van der Waals surface area contributed by atoms with Crippen LogP contribution in [0.4, 0.5) is 0 Å². The van der Waals surface area contributed by atoms with Gasteiger partial charge in [0, 0.05) is 28.4 Å². The van der Waals surface area contributed by atoms with Crippen molar-refractivity contribution in [1.82, 2.24) is 10.2 Å². The van der Waals surface area contributed by atoms with Gasteiger partial charge in [0.25, 0.3) is 5.91 Å². The molecule has 3 rings (SSSR count). The number of nitrogens with one attached hydrogen (secondary N) is 1. The molecule has 0 fully saturated rings. The zero-order valence-corrected chi connectivity index (χ0v) is 16.7. The summed E-state index contributed by atoms with van der Waals surface area (Å²) >= 11 is 2.99. The SMILES string of the molecule is CCCNC(=O)CN(C)C(=O)COC(=O)c1cc2sc3ccccc3c2s1. The quantitative estimate of drug-likeness (QED) is 0.614. The van der Waals surface area contributed by atoms with E-state index >= 15 is 0 Å². The van der Waals surface area contributed by atoms with E-state index in [-0.39, 0.29) is 19.1 Å². The van der Waals surface area contributed by atoms with Gasteiger partial charge in [-0.25, -0.2) is 4.79 Å². The molecule has 27 heavy (non-hydrogen) atoms. The first-order chi connectivity index (χ1) is 13.0. The van der Waals surface area contributed by atoms with Crippen molar-refractivity contribution in [1.29, 1.82) is 0 Å². The third-order valence-electron chi connectivity index (χ3n) is 3.96. The second kappa shape index (κ2) is 8.49. The van der Waals surface area contributed by atoms with Crippen LogP contribution in [0.25, 0.3) is 19.5 Å². The predicted octanol–water partition coefficient (Wildman–Crippen LogP) is 3.26. The van der Waals surface area contributed by atoms with Crippen LogP contribution in [0.3, 0.4) is 0 Å². The molecule has 6 nitrogen and oxygen atoms in total. The molecule has 0 aliphatic rings. The summed E-state index contributed by atoms with van der Waals surface area (Å²) in [6, 6.07) is 9.84. The molecule has 0 radical (unpaired) electrons. The molecule has 1 N–H and O–H groups in total. The summed E-state index contributed by atoms with van der Waals surface area (Å²) in [4.78, 5) is 37.7. The Kier molecular flexibility index (Phi) is 6.08. The van der Waals surface area contributed by atoms with Crippen molar-refractivity contribution in [2.75, 3.05) is 26.7 Å². The fourth-order valence-corrected chi connectivity index (χ4v) is 4.95. The summed E-state index contributed by atoms with van der Waals surface area (Å²) in [6.45, 7) is 2.08. The molecule has 0 aliphatic heterocycles. The van der Waals surface area contributed by atoms with Crippen LogP contribution in [-0.4, -0.2) is 49.4 Å². The summed E-state index contributed by atoms with van der Waals surface area (Å²) in [7, 11) is 1.51. The molecule has 0 unspecified atom stereocenters. The largest absolute Gasteiger partial charge is 0.451 e. The first-order valence-electron chi connectivity index (χ1n) is 8.58. The number of rotatable bonds is 7. The minimum absolute atomic E-state index is 0.0584. The van der Waals surface area contributed by atoms with Crippen LogP contribution in [0.15, 0.2) is 30.3 Å². The highest BCUT2D eigenvalue weighted by Gasteiger charge is 2.18. The van der Waals surface area contributed by atoms with Gasteiger partial charge in [-0.2, -0.15) is 0 Å². The molecule has 0 bridgehead atoms. The maximum absolute atomic E-state index is 12.3. The number of thiophene rings is 2. The third kappa shape index (κ3) is 4.45. The summed E-state index contributed by atoms with van der Waals surface area (Å²) in [5.74, 6) is -1.17. The molecule has 0 spiro atoms. The molecular weight excluding hydrogens is 384 g/mol. The van der Waals surface area contributed by atoms with Gasteiger partial charge in [0.15, 0.2) is 6.61 Å². The molecule has 0 saturated carbocycles. The van der Waals surface area contributed by atoms with E-state index in [0.717, 1.165) is 21.2 Å². The van der Waals surface area contributed by atoms with Crippen LogP contribution in [0.2, 0.25) is 0 Å². The van der Waals surface area contributed by atoms with Gasteiger partial charge in [-0.05, 0) is 18.6 Å². The fourth-order valence-electron chi connectivity index (χ4n) is 2.53. The standard InChI is InChI=1S/C19H20N2O4S2/c1-3-8-20-16(22)10-21(2)17(23)11-25-19(24)15-9-14-18(27-15)12-6-4-5-7-13(12)26-14/h4-7,9H,3,8,10-11H2,1-2H3,(H,20,22). The fraction of sp³-hybridized carbons (Fsp3) is 0.316. The van der Waals surface area contributed by atoms with E-state index < -0.39 is 11.9 Å². The Hall–Kier alpha value is -2.45. The Morgan fingerprint density at radius 2 is 1.93 bits per heavy atom. The molecule has 1 aromatic carbocycles. The number of likely N-dealkylation sites (N-methyl/N-ethyl adjacent to an activating group) is 1. The molecule has 3 aromatic rings. The molecule has 8 heteroatoms. The Bertz CT molecular complexity index is 992. The van der Waals surface area contributed by atoms with Gasteiger partial charge in [0.05, 0.1) is 11.2 Å². The molecule has 2 amide bonds. The molecule has 2 heterocycles. The van der Waals surface area contributed by atoms with Crippen molar-refractivity contribution >= 4 is 59.9 Å². The average molecular weight is 405 g/mol. The number of hydrogen-bond donors (Lipinski definition) is 1. The number of benzene rings is 1. The Morgan fingerprint density at radius 3 is 2.70 bits per heavy atom. The summed E-state index contributed by atoms with van der Waals surface area (Å²) in [5.41, 5.74) is 0. The van der Waals surface area contributed by atoms with Gasteiger partial charge in [0.2, 0.25) is 5.91 Å². The number of hydrogen-bond acceptors (Lipinski definition) is 6. The van der Waals surface area contributed by atoms with Gasteiger partial charge in [0.1, 0.15) is 4.88 Å². The first kappa shape index (κ1) is 19.3. The monoisotopic (exact) mass is 404 g/mol. The molecule has 0 atom stereocenters. The lowest BCUT2D eigenvalue weighted by atomic mass is 10.2. The molecule has 0 saturated heterocycles. The number of esters is 1. The average Bonchev–Trinajstić information content (AvgIpc) is 3.22. The highest BCUT2D eigenvalue weighted by atomic mass is 32.1. The number of amides is 2. The van der Waals surface area contributed by atoms with Gasteiger partial charge in [-0.1, -0.05) is 25.1 Å². The Labute approximate surface area is 164 Å². The molecule has 142 valence electrons. The lowest BCUT2D eigenvalue weighted by molar-refractivity contribution is -0.137. The van der Waals surface area contributed by atoms with Crippen molar-refractivity contribution in [3.63, 3.8) is 0 Å². The number of nitrogens with zero attached hydrogens (tertiary/aromatic N) is 1. The number of fused-ring (bicyclic) bond motifs is 3. The predicted molar refractivity (Wildman–Crippen MR) is 108 cm³/mol. The Balaban J connectivity index is 1.58. The first-order valence-corrected chi connectivity index (χ1v) is 10.2. The third-order valence-corrected chi connectivity index (χ3v) is 6.35.